The van der Waals surface area contributed by atoms with Crippen LogP contribution in [0.15, 0.2) is 18.7 Å². The summed E-state index contributed by atoms with van der Waals surface area (Å²) in [4.78, 5) is 0. The summed E-state index contributed by atoms with van der Waals surface area (Å²) in [6.07, 6.45) is 0. The van der Waals surface area contributed by atoms with E-state index in [1.807, 2.05) is 26.0 Å². The summed E-state index contributed by atoms with van der Waals surface area (Å²) in [5, 5.41) is 7.81. The predicted octanol–water partition coefficient (Wildman–Crippen LogP) is 1.79. The van der Waals surface area contributed by atoms with Crippen molar-refractivity contribution in [3.05, 3.63) is 30.1 Å². The Morgan fingerprint density at radius 3 is 2.75 bits per heavy atom. The molecule has 0 amide bonds. The van der Waals surface area contributed by atoms with Crippen LogP contribution in [0.1, 0.15) is 18.3 Å². The third-order valence-electron chi connectivity index (χ3n) is 1.40. The van der Waals surface area contributed by atoms with Gasteiger partial charge < -0.3 is 4.74 Å². The van der Waals surface area contributed by atoms with Gasteiger partial charge in [-0.15, -0.1) is 5.10 Å². The second-order valence-corrected chi connectivity index (χ2v) is 2.42. The minimum Gasteiger partial charge on any atom is -0.492 e. The van der Waals surface area contributed by atoms with Gasteiger partial charge in [-0.2, -0.15) is 5.10 Å². The average Bonchev–Trinajstić information content (AvgIpc) is 2.06. The zero-order valence-electron chi connectivity index (χ0n) is 7.37. The normalized spacial score (nSPS) is 9.50. The van der Waals surface area contributed by atoms with E-state index >= 15 is 0 Å². The molecule has 0 atom stereocenters. The number of aryl methyl sites for hydroxylation is 1. The van der Waals surface area contributed by atoms with Gasteiger partial charge in [0.2, 0.25) is 0 Å². The first-order valence-electron chi connectivity index (χ1n) is 3.86. The van der Waals surface area contributed by atoms with Crippen LogP contribution in [0.2, 0.25) is 0 Å². The van der Waals surface area contributed by atoms with Crippen molar-refractivity contribution in [1.82, 2.24) is 10.2 Å². The standard InChI is InChI=1S/C9H12N2O/c1-4-12-8(3)9-6-5-7(2)10-11-9/h5-6H,3-4H2,1-2H3. The molecule has 3 heteroatoms. The molecule has 0 aliphatic carbocycles. The molecule has 0 spiro atoms. The lowest BCUT2D eigenvalue weighted by atomic mass is 10.3. The van der Waals surface area contributed by atoms with Gasteiger partial charge in [0.25, 0.3) is 0 Å². The van der Waals surface area contributed by atoms with Gasteiger partial charge in [-0.05, 0) is 26.0 Å². The van der Waals surface area contributed by atoms with Crippen LogP contribution in [-0.4, -0.2) is 16.8 Å². The quantitative estimate of drug-likeness (QED) is 0.639. The lowest BCUT2D eigenvalue weighted by Crippen LogP contribution is -1.96. The Morgan fingerprint density at radius 2 is 2.25 bits per heavy atom. The molecule has 1 rings (SSSR count). The first-order chi connectivity index (χ1) is 5.74. The fraction of sp³-hybridized carbons (Fsp3) is 0.333. The molecule has 1 aromatic rings. The summed E-state index contributed by atoms with van der Waals surface area (Å²) in [6, 6.07) is 3.73. The summed E-state index contributed by atoms with van der Waals surface area (Å²) < 4.78 is 5.17. The minimum absolute atomic E-state index is 0.574. The summed E-state index contributed by atoms with van der Waals surface area (Å²) in [5.74, 6) is 0.574. The highest BCUT2D eigenvalue weighted by molar-refractivity contribution is 5.52. The van der Waals surface area contributed by atoms with E-state index in [4.69, 9.17) is 4.74 Å². The van der Waals surface area contributed by atoms with Crippen molar-refractivity contribution in [3.8, 4) is 0 Å². The third-order valence-corrected chi connectivity index (χ3v) is 1.40. The van der Waals surface area contributed by atoms with Crippen LogP contribution in [0, 0.1) is 6.92 Å². The molecule has 1 aromatic heterocycles. The molecule has 0 radical (unpaired) electrons. The van der Waals surface area contributed by atoms with E-state index in [0.29, 0.717) is 18.1 Å². The molecule has 0 saturated carbocycles. The Hall–Kier alpha value is -1.38. The maximum absolute atomic E-state index is 5.17. The summed E-state index contributed by atoms with van der Waals surface area (Å²) in [5.41, 5.74) is 1.59. The molecule has 0 fully saturated rings. The number of hydrogen-bond donors (Lipinski definition) is 0. The second-order valence-electron chi connectivity index (χ2n) is 2.42. The Bertz CT molecular complexity index is 266. The molecule has 1 heterocycles. The minimum atomic E-state index is 0.574. The van der Waals surface area contributed by atoms with Crippen LogP contribution in [0.4, 0.5) is 0 Å². The fourth-order valence-electron chi connectivity index (χ4n) is 0.796. The molecule has 0 aliphatic rings. The van der Waals surface area contributed by atoms with Crippen molar-refractivity contribution in [1.29, 1.82) is 0 Å². The van der Waals surface area contributed by atoms with Gasteiger partial charge in [0.1, 0.15) is 11.5 Å². The highest BCUT2D eigenvalue weighted by atomic mass is 16.5. The van der Waals surface area contributed by atoms with Crippen molar-refractivity contribution in [2.24, 2.45) is 0 Å². The van der Waals surface area contributed by atoms with E-state index in [-0.39, 0.29) is 0 Å². The Morgan fingerprint density at radius 1 is 1.50 bits per heavy atom. The summed E-state index contributed by atoms with van der Waals surface area (Å²) in [7, 11) is 0. The van der Waals surface area contributed by atoms with E-state index in [0.717, 1.165) is 5.69 Å². The second kappa shape index (κ2) is 3.85. The van der Waals surface area contributed by atoms with Gasteiger partial charge in [0.15, 0.2) is 0 Å². The van der Waals surface area contributed by atoms with Crippen molar-refractivity contribution in [2.75, 3.05) is 6.61 Å². The van der Waals surface area contributed by atoms with Gasteiger partial charge in [-0.25, -0.2) is 0 Å². The lowest BCUT2D eigenvalue weighted by molar-refractivity contribution is 0.297. The van der Waals surface area contributed by atoms with Crippen molar-refractivity contribution >= 4 is 5.76 Å². The number of rotatable bonds is 3. The van der Waals surface area contributed by atoms with Crippen LogP contribution in [0.25, 0.3) is 5.76 Å². The lowest BCUT2D eigenvalue weighted by Gasteiger charge is -2.04. The highest BCUT2D eigenvalue weighted by Crippen LogP contribution is 2.08. The molecule has 0 bridgehead atoms. The molecule has 0 aromatic carbocycles. The summed E-state index contributed by atoms with van der Waals surface area (Å²) >= 11 is 0. The third kappa shape index (κ3) is 2.05. The largest absolute Gasteiger partial charge is 0.492 e. The molecule has 0 N–H and O–H groups in total. The van der Waals surface area contributed by atoms with Crippen LogP contribution in [-0.2, 0) is 4.74 Å². The summed E-state index contributed by atoms with van der Waals surface area (Å²) in [6.45, 7) is 8.12. The smallest absolute Gasteiger partial charge is 0.139 e. The highest BCUT2D eigenvalue weighted by Gasteiger charge is 1.99. The van der Waals surface area contributed by atoms with Crippen molar-refractivity contribution in [2.45, 2.75) is 13.8 Å². The molecule has 3 nitrogen and oxygen atoms in total. The molecule has 0 unspecified atom stereocenters. The van der Waals surface area contributed by atoms with E-state index in [9.17, 15) is 0 Å². The molecular formula is C9H12N2O. The predicted molar refractivity (Wildman–Crippen MR) is 47.4 cm³/mol. The number of nitrogens with zero attached hydrogens (tertiary/aromatic N) is 2. The Kier molecular flexibility index (Phi) is 2.80. The fourth-order valence-corrected chi connectivity index (χ4v) is 0.796. The number of hydrogen-bond acceptors (Lipinski definition) is 3. The average molecular weight is 164 g/mol. The van der Waals surface area contributed by atoms with Gasteiger partial charge >= 0.3 is 0 Å². The first-order valence-corrected chi connectivity index (χ1v) is 3.86. The van der Waals surface area contributed by atoms with Crippen molar-refractivity contribution < 1.29 is 4.74 Å². The van der Waals surface area contributed by atoms with E-state index < -0.39 is 0 Å². The van der Waals surface area contributed by atoms with E-state index in [1.54, 1.807) is 0 Å². The van der Waals surface area contributed by atoms with Crippen LogP contribution >= 0.6 is 0 Å². The monoisotopic (exact) mass is 164 g/mol. The van der Waals surface area contributed by atoms with Crippen LogP contribution in [0.3, 0.4) is 0 Å². The molecule has 12 heavy (non-hydrogen) atoms. The van der Waals surface area contributed by atoms with E-state index in [2.05, 4.69) is 16.8 Å². The van der Waals surface area contributed by atoms with Crippen LogP contribution in [0.5, 0.6) is 0 Å². The first kappa shape index (κ1) is 8.71. The maximum Gasteiger partial charge on any atom is 0.139 e. The van der Waals surface area contributed by atoms with Gasteiger partial charge in [0.05, 0.1) is 12.3 Å². The number of ether oxygens (including phenoxy) is 1. The zero-order chi connectivity index (χ0) is 8.97. The Labute approximate surface area is 72.1 Å². The molecule has 64 valence electrons. The zero-order valence-corrected chi connectivity index (χ0v) is 7.37. The van der Waals surface area contributed by atoms with Gasteiger partial charge in [-0.3, -0.25) is 0 Å². The Balaban J connectivity index is 2.75. The topological polar surface area (TPSA) is 35.0 Å². The van der Waals surface area contributed by atoms with Crippen molar-refractivity contribution in [3.63, 3.8) is 0 Å². The maximum atomic E-state index is 5.17. The molecule has 0 aliphatic heterocycles. The number of aromatic nitrogens is 2. The van der Waals surface area contributed by atoms with Gasteiger partial charge in [0, 0.05) is 0 Å². The SMILES string of the molecule is C=C(OCC)c1ccc(C)nn1. The van der Waals surface area contributed by atoms with Gasteiger partial charge in [-0.1, -0.05) is 6.58 Å². The molecule has 0 saturated heterocycles. The molecular weight excluding hydrogens is 152 g/mol. The van der Waals surface area contributed by atoms with Crippen LogP contribution < -0.4 is 0 Å². The van der Waals surface area contributed by atoms with E-state index in [1.165, 1.54) is 0 Å².